The molecule has 0 saturated carbocycles. The van der Waals surface area contributed by atoms with Crippen molar-refractivity contribution in [2.75, 3.05) is 26.2 Å². The van der Waals surface area contributed by atoms with Gasteiger partial charge in [-0.15, -0.1) is 0 Å². The summed E-state index contributed by atoms with van der Waals surface area (Å²) in [5.74, 6) is 6.66. The van der Waals surface area contributed by atoms with Crippen LogP contribution in [0.3, 0.4) is 0 Å². The third-order valence-electron chi connectivity index (χ3n) is 5.99. The van der Waals surface area contributed by atoms with Gasteiger partial charge in [-0.3, -0.25) is 14.8 Å². The molecule has 1 atom stereocenters. The molecule has 2 heterocycles. The number of hydrogen-bond donors (Lipinski definition) is 1. The largest absolute Gasteiger partial charge is 0.396 e. The van der Waals surface area contributed by atoms with Crippen molar-refractivity contribution in [3.63, 3.8) is 0 Å². The first-order valence-electron chi connectivity index (χ1n) is 11.4. The fraction of sp³-hybridized carbons (Fsp3) is 0.321. The molecular formula is C28H31N3O. The van der Waals surface area contributed by atoms with Gasteiger partial charge in [-0.1, -0.05) is 54.3 Å². The standard InChI is InChI=1S/C28H31N3O/c1-23-8-7-13-27(29-23)21-31-18-17-30(22-28(31)16-19-32)20-26-12-6-5-11-25(26)15-14-24-9-3-2-4-10-24/h2-13,28,32H,16-22H2,1H3/t28-/m1/s1. The first-order valence-corrected chi connectivity index (χ1v) is 11.4. The van der Waals surface area contributed by atoms with Gasteiger partial charge >= 0.3 is 0 Å². The summed E-state index contributed by atoms with van der Waals surface area (Å²) in [5, 5.41) is 9.67. The summed E-state index contributed by atoms with van der Waals surface area (Å²) < 4.78 is 0. The van der Waals surface area contributed by atoms with Gasteiger partial charge < -0.3 is 5.11 Å². The second kappa shape index (κ2) is 11.1. The van der Waals surface area contributed by atoms with Gasteiger partial charge in [0.2, 0.25) is 0 Å². The Labute approximate surface area is 191 Å². The van der Waals surface area contributed by atoms with Crippen molar-refractivity contribution in [2.45, 2.75) is 32.5 Å². The van der Waals surface area contributed by atoms with Gasteiger partial charge in [0.1, 0.15) is 0 Å². The van der Waals surface area contributed by atoms with Crippen LogP contribution in [0, 0.1) is 18.8 Å². The van der Waals surface area contributed by atoms with Crippen molar-refractivity contribution in [3.8, 4) is 11.8 Å². The third kappa shape index (κ3) is 6.05. The zero-order chi connectivity index (χ0) is 22.2. The molecule has 1 aliphatic heterocycles. The minimum atomic E-state index is 0.204. The highest BCUT2D eigenvalue weighted by molar-refractivity contribution is 5.46. The van der Waals surface area contributed by atoms with Crippen molar-refractivity contribution in [1.82, 2.24) is 14.8 Å². The van der Waals surface area contributed by atoms with Gasteiger partial charge in [-0.05, 0) is 49.2 Å². The molecular weight excluding hydrogens is 394 g/mol. The molecule has 1 fully saturated rings. The van der Waals surface area contributed by atoms with Crippen molar-refractivity contribution >= 4 is 0 Å². The zero-order valence-electron chi connectivity index (χ0n) is 18.7. The van der Waals surface area contributed by atoms with Crippen LogP contribution < -0.4 is 0 Å². The summed E-state index contributed by atoms with van der Waals surface area (Å²) in [6.45, 7) is 6.84. The number of hydrogen-bond acceptors (Lipinski definition) is 4. The Morgan fingerprint density at radius 2 is 1.72 bits per heavy atom. The van der Waals surface area contributed by atoms with E-state index in [9.17, 15) is 5.11 Å². The number of pyridine rings is 1. The van der Waals surface area contributed by atoms with Crippen LogP contribution in [0.1, 0.15) is 34.5 Å². The molecule has 0 spiro atoms. The lowest BCUT2D eigenvalue weighted by Gasteiger charge is -2.41. The Hall–Kier alpha value is -2.97. The van der Waals surface area contributed by atoms with Crippen molar-refractivity contribution in [3.05, 3.63) is 101 Å². The molecule has 1 saturated heterocycles. The third-order valence-corrected chi connectivity index (χ3v) is 5.99. The van der Waals surface area contributed by atoms with Gasteiger partial charge in [-0.25, -0.2) is 0 Å². The molecule has 32 heavy (non-hydrogen) atoms. The highest BCUT2D eigenvalue weighted by Gasteiger charge is 2.27. The maximum atomic E-state index is 9.67. The Kier molecular flexibility index (Phi) is 7.68. The number of aryl methyl sites for hydroxylation is 1. The monoisotopic (exact) mass is 425 g/mol. The summed E-state index contributed by atoms with van der Waals surface area (Å²) in [5.41, 5.74) is 5.52. The van der Waals surface area contributed by atoms with E-state index in [2.05, 4.69) is 63.0 Å². The second-order valence-electron chi connectivity index (χ2n) is 8.42. The molecule has 1 aliphatic rings. The van der Waals surface area contributed by atoms with Crippen LogP contribution in [0.15, 0.2) is 72.8 Å². The normalized spacial score (nSPS) is 17.0. The predicted octanol–water partition coefficient (Wildman–Crippen LogP) is 3.86. The van der Waals surface area contributed by atoms with E-state index in [1.54, 1.807) is 0 Å². The fourth-order valence-electron chi connectivity index (χ4n) is 4.31. The SMILES string of the molecule is Cc1cccc(CN2CCN(Cc3ccccc3C#Cc3ccccc3)C[C@H]2CCO)n1. The molecule has 1 N–H and O–H groups in total. The second-order valence-corrected chi connectivity index (χ2v) is 8.42. The van der Waals surface area contributed by atoms with Crippen LogP contribution in [-0.4, -0.2) is 52.2 Å². The average molecular weight is 426 g/mol. The number of benzene rings is 2. The lowest BCUT2D eigenvalue weighted by molar-refractivity contribution is 0.0491. The topological polar surface area (TPSA) is 39.6 Å². The quantitative estimate of drug-likeness (QED) is 0.609. The number of piperazine rings is 1. The van der Waals surface area contributed by atoms with E-state index in [1.165, 1.54) is 5.56 Å². The Morgan fingerprint density at radius 1 is 0.906 bits per heavy atom. The molecule has 0 aliphatic carbocycles. The Bertz CT molecular complexity index is 1070. The number of aromatic nitrogens is 1. The van der Waals surface area contributed by atoms with Gasteiger partial charge in [-0.2, -0.15) is 0 Å². The van der Waals surface area contributed by atoms with E-state index in [1.807, 2.05) is 43.3 Å². The number of aliphatic hydroxyl groups is 1. The van der Waals surface area contributed by atoms with Gasteiger partial charge in [0.25, 0.3) is 0 Å². The van der Waals surface area contributed by atoms with Crippen molar-refractivity contribution < 1.29 is 5.11 Å². The zero-order valence-corrected chi connectivity index (χ0v) is 18.7. The summed E-state index contributed by atoms with van der Waals surface area (Å²) in [6, 6.07) is 25.1. The summed E-state index contributed by atoms with van der Waals surface area (Å²) in [4.78, 5) is 9.63. The van der Waals surface area contributed by atoms with Crippen LogP contribution in [-0.2, 0) is 13.1 Å². The van der Waals surface area contributed by atoms with Crippen LogP contribution >= 0.6 is 0 Å². The number of rotatable bonds is 6. The predicted molar refractivity (Wildman–Crippen MR) is 129 cm³/mol. The average Bonchev–Trinajstić information content (AvgIpc) is 2.81. The molecule has 0 radical (unpaired) electrons. The smallest absolute Gasteiger partial charge is 0.0547 e. The Balaban J connectivity index is 1.44. The molecule has 4 rings (SSSR count). The van der Waals surface area contributed by atoms with Gasteiger partial charge in [0.15, 0.2) is 0 Å². The highest BCUT2D eigenvalue weighted by Crippen LogP contribution is 2.19. The van der Waals surface area contributed by atoms with Gasteiger partial charge in [0, 0.05) is 62.2 Å². The maximum Gasteiger partial charge on any atom is 0.0547 e. The lowest BCUT2D eigenvalue weighted by Crippen LogP contribution is -2.52. The molecule has 1 aromatic heterocycles. The molecule has 3 aromatic rings. The minimum Gasteiger partial charge on any atom is -0.396 e. The molecule has 2 aromatic carbocycles. The molecule has 0 amide bonds. The van der Waals surface area contributed by atoms with E-state index in [4.69, 9.17) is 0 Å². The highest BCUT2D eigenvalue weighted by atomic mass is 16.3. The van der Waals surface area contributed by atoms with E-state index < -0.39 is 0 Å². The number of aliphatic hydroxyl groups excluding tert-OH is 1. The van der Waals surface area contributed by atoms with E-state index in [0.717, 1.165) is 61.7 Å². The Morgan fingerprint density at radius 3 is 2.53 bits per heavy atom. The fourth-order valence-corrected chi connectivity index (χ4v) is 4.31. The van der Waals surface area contributed by atoms with E-state index >= 15 is 0 Å². The molecule has 164 valence electrons. The maximum absolute atomic E-state index is 9.67. The molecule has 4 nitrogen and oxygen atoms in total. The summed E-state index contributed by atoms with van der Waals surface area (Å²) in [6.07, 6.45) is 0.776. The molecule has 0 bridgehead atoms. The summed E-state index contributed by atoms with van der Waals surface area (Å²) >= 11 is 0. The molecule has 0 unspecified atom stereocenters. The van der Waals surface area contributed by atoms with Crippen LogP contribution in [0.5, 0.6) is 0 Å². The minimum absolute atomic E-state index is 0.204. The first kappa shape index (κ1) is 22.2. The van der Waals surface area contributed by atoms with Crippen molar-refractivity contribution in [2.24, 2.45) is 0 Å². The van der Waals surface area contributed by atoms with Gasteiger partial charge in [0.05, 0.1) is 5.69 Å². The first-order chi connectivity index (χ1) is 15.7. The van der Waals surface area contributed by atoms with Crippen LogP contribution in [0.25, 0.3) is 0 Å². The van der Waals surface area contributed by atoms with E-state index in [0.29, 0.717) is 6.04 Å². The summed E-state index contributed by atoms with van der Waals surface area (Å²) in [7, 11) is 0. The number of nitrogens with zero attached hydrogens (tertiary/aromatic N) is 3. The lowest BCUT2D eigenvalue weighted by atomic mass is 10.0. The van der Waals surface area contributed by atoms with Crippen LogP contribution in [0.4, 0.5) is 0 Å². The van der Waals surface area contributed by atoms with E-state index in [-0.39, 0.29) is 6.61 Å². The molecule has 4 heteroatoms. The van der Waals surface area contributed by atoms with Crippen molar-refractivity contribution in [1.29, 1.82) is 0 Å². The van der Waals surface area contributed by atoms with Crippen LogP contribution in [0.2, 0.25) is 0 Å².